The second kappa shape index (κ2) is 8.46. The average Bonchev–Trinajstić information content (AvgIpc) is 3.06. The van der Waals surface area contributed by atoms with Gasteiger partial charge in [-0.05, 0) is 30.5 Å². The van der Waals surface area contributed by atoms with E-state index < -0.39 is 4.92 Å². The summed E-state index contributed by atoms with van der Waals surface area (Å²) in [6, 6.07) is 12.1. The van der Waals surface area contributed by atoms with E-state index in [-0.39, 0.29) is 11.6 Å². The van der Waals surface area contributed by atoms with Gasteiger partial charge in [-0.1, -0.05) is 29.8 Å². The van der Waals surface area contributed by atoms with Crippen molar-refractivity contribution in [3.8, 4) is 0 Å². The monoisotopic (exact) mass is 384 g/mol. The minimum atomic E-state index is -0.517. The maximum Gasteiger partial charge on any atom is 0.270 e. The smallest absolute Gasteiger partial charge is 0.270 e. The third kappa shape index (κ3) is 4.71. The van der Waals surface area contributed by atoms with Gasteiger partial charge in [0.2, 0.25) is 5.91 Å². The van der Waals surface area contributed by atoms with Gasteiger partial charge in [0.1, 0.15) is 0 Å². The van der Waals surface area contributed by atoms with Gasteiger partial charge < -0.3 is 4.98 Å². The predicted molar refractivity (Wildman–Crippen MR) is 105 cm³/mol. The fourth-order valence-electron chi connectivity index (χ4n) is 2.75. The number of carbonyl (C=O) groups is 1. The first kappa shape index (κ1) is 18.6. The molecule has 0 aliphatic rings. The largest absolute Gasteiger partial charge is 0.361 e. The molecular weight excluding hydrogens is 368 g/mol. The van der Waals surface area contributed by atoms with Crippen molar-refractivity contribution < 1.29 is 9.72 Å². The van der Waals surface area contributed by atoms with Crippen LogP contribution in [-0.2, 0) is 11.2 Å². The molecule has 27 heavy (non-hydrogen) atoms. The van der Waals surface area contributed by atoms with Crippen molar-refractivity contribution >= 4 is 40.3 Å². The first-order valence-electron chi connectivity index (χ1n) is 8.35. The normalized spacial score (nSPS) is 11.1. The summed E-state index contributed by atoms with van der Waals surface area (Å²) in [5, 5.41) is 16.1. The Morgan fingerprint density at radius 3 is 2.93 bits per heavy atom. The molecule has 0 radical (unpaired) electrons. The van der Waals surface area contributed by atoms with E-state index in [2.05, 4.69) is 15.5 Å². The highest BCUT2D eigenvalue weighted by Crippen LogP contribution is 2.21. The van der Waals surface area contributed by atoms with Crippen LogP contribution < -0.4 is 5.43 Å². The lowest BCUT2D eigenvalue weighted by atomic mass is 10.1. The van der Waals surface area contributed by atoms with Gasteiger partial charge in [-0.25, -0.2) is 5.43 Å². The molecule has 138 valence electrons. The zero-order valence-electron chi connectivity index (χ0n) is 14.3. The van der Waals surface area contributed by atoms with Gasteiger partial charge in [-0.3, -0.25) is 14.9 Å². The number of amides is 1. The lowest BCUT2D eigenvalue weighted by Crippen LogP contribution is -2.17. The molecule has 2 N–H and O–H groups in total. The molecule has 1 aromatic heterocycles. The number of nitrogens with zero attached hydrogens (tertiary/aromatic N) is 2. The van der Waals surface area contributed by atoms with Crippen molar-refractivity contribution in [3.63, 3.8) is 0 Å². The zero-order chi connectivity index (χ0) is 19.2. The summed E-state index contributed by atoms with van der Waals surface area (Å²) < 4.78 is 0. The van der Waals surface area contributed by atoms with Crippen LogP contribution in [0.15, 0.2) is 53.8 Å². The van der Waals surface area contributed by atoms with Crippen molar-refractivity contribution in [1.82, 2.24) is 10.4 Å². The molecule has 8 heteroatoms. The van der Waals surface area contributed by atoms with Crippen LogP contribution in [0.25, 0.3) is 10.9 Å². The third-order valence-corrected chi connectivity index (χ3v) is 4.45. The van der Waals surface area contributed by atoms with Crippen LogP contribution >= 0.6 is 11.6 Å². The van der Waals surface area contributed by atoms with Gasteiger partial charge in [0, 0.05) is 46.2 Å². The summed E-state index contributed by atoms with van der Waals surface area (Å²) in [5.41, 5.74) is 4.94. The van der Waals surface area contributed by atoms with E-state index in [0.717, 1.165) is 17.3 Å². The van der Waals surface area contributed by atoms with Gasteiger partial charge in [0.15, 0.2) is 0 Å². The van der Waals surface area contributed by atoms with Gasteiger partial charge in [-0.15, -0.1) is 0 Å². The van der Waals surface area contributed by atoms with E-state index in [1.54, 1.807) is 0 Å². The molecule has 0 aliphatic carbocycles. The molecule has 7 nitrogen and oxygen atoms in total. The van der Waals surface area contributed by atoms with Gasteiger partial charge in [0.25, 0.3) is 5.69 Å². The highest BCUT2D eigenvalue weighted by atomic mass is 35.5. The molecule has 3 rings (SSSR count). The fourth-order valence-corrected chi connectivity index (χ4v) is 2.92. The molecule has 2 aromatic carbocycles. The Hall–Kier alpha value is -3.19. The first-order valence-corrected chi connectivity index (χ1v) is 8.73. The number of aryl methyl sites for hydroxylation is 1. The number of benzene rings is 2. The number of halogens is 1. The van der Waals surface area contributed by atoms with Crippen LogP contribution in [0.1, 0.15) is 24.0 Å². The summed E-state index contributed by atoms with van der Waals surface area (Å²) >= 11 is 5.98. The average molecular weight is 385 g/mol. The molecule has 0 bridgehead atoms. The molecule has 0 saturated heterocycles. The maximum atomic E-state index is 11.9. The number of H-pyrrole nitrogens is 1. The number of hydrogen-bond donors (Lipinski definition) is 2. The van der Waals surface area contributed by atoms with Crippen LogP contribution in [0.2, 0.25) is 5.02 Å². The number of nitro benzene ring substituents is 1. The Balaban J connectivity index is 1.50. The predicted octanol–water partition coefficient (Wildman–Crippen LogP) is 4.20. The van der Waals surface area contributed by atoms with E-state index in [1.165, 1.54) is 30.0 Å². The lowest BCUT2D eigenvalue weighted by Gasteiger charge is -2.01. The van der Waals surface area contributed by atoms with Crippen molar-refractivity contribution in [1.29, 1.82) is 0 Å². The highest BCUT2D eigenvalue weighted by Gasteiger charge is 2.09. The zero-order valence-corrected chi connectivity index (χ0v) is 15.1. The third-order valence-electron chi connectivity index (χ3n) is 4.11. The van der Waals surface area contributed by atoms with Crippen LogP contribution in [0.4, 0.5) is 5.69 Å². The Bertz CT molecular complexity index is 1010. The quantitative estimate of drug-likeness (QED) is 0.362. The number of nitro groups is 1. The fraction of sp³-hybridized carbons (Fsp3) is 0.158. The topological polar surface area (TPSA) is 100 Å². The number of nitrogens with one attached hydrogen (secondary N) is 2. The summed E-state index contributed by atoms with van der Waals surface area (Å²) in [4.78, 5) is 25.4. The van der Waals surface area contributed by atoms with Crippen LogP contribution in [0, 0.1) is 10.1 Å². The second-order valence-electron chi connectivity index (χ2n) is 5.97. The van der Waals surface area contributed by atoms with E-state index >= 15 is 0 Å². The summed E-state index contributed by atoms with van der Waals surface area (Å²) in [7, 11) is 0. The number of aromatic nitrogens is 1. The molecule has 0 aliphatic heterocycles. The number of rotatable bonds is 7. The highest BCUT2D eigenvalue weighted by molar-refractivity contribution is 6.33. The number of hydrazone groups is 1. The summed E-state index contributed by atoms with van der Waals surface area (Å²) in [5.74, 6) is -0.229. The van der Waals surface area contributed by atoms with Gasteiger partial charge in [-0.2, -0.15) is 5.10 Å². The van der Waals surface area contributed by atoms with Crippen molar-refractivity contribution in [3.05, 3.63) is 74.9 Å². The molecule has 0 unspecified atom stereocenters. The van der Waals surface area contributed by atoms with Crippen molar-refractivity contribution in [2.24, 2.45) is 5.10 Å². The molecule has 0 spiro atoms. The molecular formula is C19H17ClN4O3. The number of fused-ring (bicyclic) bond motifs is 1. The SMILES string of the molecule is O=C(CCCc1c[nH]c2ccccc12)N/N=C\c1cc([N+](=O)[O-])ccc1Cl. The molecule has 0 saturated carbocycles. The second-order valence-corrected chi connectivity index (χ2v) is 6.38. The minimum absolute atomic E-state index is 0.0918. The molecule has 1 amide bonds. The Labute approximate surface area is 160 Å². The van der Waals surface area contributed by atoms with E-state index in [0.29, 0.717) is 23.4 Å². The molecule has 0 atom stereocenters. The van der Waals surface area contributed by atoms with Crippen molar-refractivity contribution in [2.75, 3.05) is 0 Å². The van der Waals surface area contributed by atoms with E-state index in [9.17, 15) is 14.9 Å². The van der Waals surface area contributed by atoms with Gasteiger partial charge >= 0.3 is 0 Å². The standard InChI is InChI=1S/C19H17ClN4O3/c20-17-9-8-15(24(26)27)10-14(17)12-22-23-19(25)7-3-4-13-11-21-18-6-2-1-5-16(13)18/h1-2,5-6,8-12,21H,3-4,7H2,(H,23,25)/b22-12-. The van der Waals surface area contributed by atoms with E-state index in [4.69, 9.17) is 11.6 Å². The number of para-hydroxylation sites is 1. The number of aromatic amines is 1. The summed E-state index contributed by atoms with van der Waals surface area (Å²) in [6.45, 7) is 0. The summed E-state index contributed by atoms with van der Waals surface area (Å²) in [6.07, 6.45) is 5.04. The maximum absolute atomic E-state index is 11.9. The molecule has 1 heterocycles. The van der Waals surface area contributed by atoms with Gasteiger partial charge in [0.05, 0.1) is 11.1 Å². The Morgan fingerprint density at radius 1 is 1.30 bits per heavy atom. The number of non-ortho nitro benzene ring substituents is 1. The molecule has 0 fully saturated rings. The minimum Gasteiger partial charge on any atom is -0.361 e. The first-order chi connectivity index (χ1) is 13.0. The van der Waals surface area contributed by atoms with Crippen LogP contribution in [-0.4, -0.2) is 22.0 Å². The Morgan fingerprint density at radius 2 is 2.11 bits per heavy atom. The van der Waals surface area contributed by atoms with Crippen LogP contribution in [0.5, 0.6) is 0 Å². The number of hydrogen-bond acceptors (Lipinski definition) is 4. The number of carbonyl (C=O) groups excluding carboxylic acids is 1. The van der Waals surface area contributed by atoms with Crippen LogP contribution in [0.3, 0.4) is 0 Å². The molecule has 3 aromatic rings. The Kier molecular flexibility index (Phi) is 5.83. The van der Waals surface area contributed by atoms with E-state index in [1.807, 2.05) is 30.5 Å². The lowest BCUT2D eigenvalue weighted by molar-refractivity contribution is -0.384. The van der Waals surface area contributed by atoms with Crippen molar-refractivity contribution in [2.45, 2.75) is 19.3 Å².